The first-order valence-electron chi connectivity index (χ1n) is 5.05. The lowest BCUT2D eigenvalue weighted by Crippen LogP contribution is -2.08. The zero-order valence-electron chi connectivity index (χ0n) is 9.49. The Balaban J connectivity index is 2.79. The lowest BCUT2D eigenvalue weighted by molar-refractivity contribution is -0.149. The van der Waals surface area contributed by atoms with Crippen LogP contribution in [0.5, 0.6) is 0 Å². The summed E-state index contributed by atoms with van der Waals surface area (Å²) in [5.74, 6) is -1.85. The number of hydrogen-bond acceptors (Lipinski definition) is 5. The molecule has 6 nitrogen and oxygen atoms in total. The fraction of sp³-hybridized carbons (Fsp3) is 0. The van der Waals surface area contributed by atoms with E-state index in [4.69, 9.17) is 0 Å². The Labute approximate surface area is 108 Å². The average Bonchev–Trinajstić information content (AvgIpc) is 2.66. The van der Waals surface area contributed by atoms with Crippen LogP contribution >= 0.6 is 0 Å². The van der Waals surface area contributed by atoms with E-state index in [-0.39, 0.29) is 16.7 Å². The van der Waals surface area contributed by atoms with Gasteiger partial charge in [-0.15, -0.1) is 0 Å². The van der Waals surface area contributed by atoms with Crippen LogP contribution in [0.4, 0.5) is 0 Å². The van der Waals surface area contributed by atoms with Crippen LogP contribution in [-0.4, -0.2) is 24.9 Å². The molecule has 0 unspecified atom stereocenters. The highest BCUT2D eigenvalue weighted by atomic mass is 32.2. The normalized spacial score (nSPS) is 15.1. The van der Waals surface area contributed by atoms with Gasteiger partial charge in [0.05, 0.1) is 5.57 Å². The van der Waals surface area contributed by atoms with E-state index in [0.29, 0.717) is 0 Å². The predicted molar refractivity (Wildman–Crippen MR) is 65.4 cm³/mol. The topological polar surface area (TPSA) is 97.7 Å². The van der Waals surface area contributed by atoms with Crippen LogP contribution in [0.1, 0.15) is 11.1 Å². The summed E-state index contributed by atoms with van der Waals surface area (Å²) in [5, 5.41) is 0. The van der Waals surface area contributed by atoms with E-state index in [2.05, 4.69) is 11.3 Å². The lowest BCUT2D eigenvalue weighted by atomic mass is 10.0. The van der Waals surface area contributed by atoms with Crippen molar-refractivity contribution in [3.63, 3.8) is 0 Å². The summed E-state index contributed by atoms with van der Waals surface area (Å²) in [5.41, 5.74) is -0.204. The molecule has 0 amide bonds. The maximum atomic E-state index is 11.5. The van der Waals surface area contributed by atoms with Gasteiger partial charge in [-0.05, 0) is 5.56 Å². The van der Waals surface area contributed by atoms with E-state index in [1.54, 1.807) is 0 Å². The highest BCUT2D eigenvalue weighted by Crippen LogP contribution is 2.30. The molecule has 0 saturated heterocycles. The largest absolute Gasteiger partial charge is 0.386 e. The maximum Gasteiger partial charge on any atom is 0.346 e. The molecule has 0 aliphatic carbocycles. The van der Waals surface area contributed by atoms with E-state index >= 15 is 0 Å². The van der Waals surface area contributed by atoms with Crippen molar-refractivity contribution in [2.75, 3.05) is 0 Å². The second-order valence-corrected chi connectivity index (χ2v) is 5.03. The van der Waals surface area contributed by atoms with Gasteiger partial charge in [0.1, 0.15) is 4.90 Å². The molecule has 19 heavy (non-hydrogen) atoms. The summed E-state index contributed by atoms with van der Waals surface area (Å²) in [7, 11) is -4.59. The Hall–Kier alpha value is -2.25. The highest BCUT2D eigenvalue weighted by molar-refractivity contribution is 7.86. The molecular weight excluding hydrogens is 272 g/mol. The van der Waals surface area contributed by atoms with Crippen molar-refractivity contribution in [2.45, 2.75) is 4.90 Å². The van der Waals surface area contributed by atoms with Crippen LogP contribution < -0.4 is 0 Å². The molecule has 98 valence electrons. The molecular formula is C12H8O6S. The third-order valence-corrected chi connectivity index (χ3v) is 3.46. The first-order chi connectivity index (χ1) is 8.84. The molecule has 0 spiro atoms. The van der Waals surface area contributed by atoms with Gasteiger partial charge < -0.3 is 4.74 Å². The second kappa shape index (κ2) is 4.45. The zero-order chi connectivity index (χ0) is 14.2. The Morgan fingerprint density at radius 3 is 2.42 bits per heavy atom. The SMILES string of the molecule is C=Cc1cccc(C2=CC(=O)OC2=O)c1S(=O)(=O)O. The van der Waals surface area contributed by atoms with E-state index in [9.17, 15) is 22.6 Å². The van der Waals surface area contributed by atoms with Gasteiger partial charge in [0.25, 0.3) is 10.1 Å². The monoisotopic (exact) mass is 280 g/mol. The van der Waals surface area contributed by atoms with E-state index < -0.39 is 27.0 Å². The summed E-state index contributed by atoms with van der Waals surface area (Å²) < 4.78 is 36.4. The van der Waals surface area contributed by atoms with Gasteiger partial charge in [-0.3, -0.25) is 4.55 Å². The van der Waals surface area contributed by atoms with Gasteiger partial charge in [0, 0.05) is 11.6 Å². The van der Waals surface area contributed by atoms with Crippen molar-refractivity contribution in [3.05, 3.63) is 42.0 Å². The number of carbonyl (C=O) groups excluding carboxylic acids is 2. The Bertz CT molecular complexity index is 727. The predicted octanol–water partition coefficient (Wildman–Crippen LogP) is 1.04. The Morgan fingerprint density at radius 1 is 1.26 bits per heavy atom. The van der Waals surface area contributed by atoms with E-state index in [0.717, 1.165) is 6.08 Å². The van der Waals surface area contributed by atoms with Crippen LogP contribution in [-0.2, 0) is 24.4 Å². The molecule has 1 aromatic rings. The van der Waals surface area contributed by atoms with E-state index in [1.807, 2.05) is 0 Å². The van der Waals surface area contributed by atoms with Crippen molar-refractivity contribution in [3.8, 4) is 0 Å². The first-order valence-corrected chi connectivity index (χ1v) is 6.49. The summed E-state index contributed by atoms with van der Waals surface area (Å²) in [4.78, 5) is 22.0. The molecule has 0 aromatic heterocycles. The molecule has 1 heterocycles. The fourth-order valence-corrected chi connectivity index (χ4v) is 2.66. The number of cyclic esters (lactones) is 2. The summed E-state index contributed by atoms with van der Waals surface area (Å²) in [6.45, 7) is 3.43. The van der Waals surface area contributed by atoms with Gasteiger partial charge in [0.15, 0.2) is 0 Å². The van der Waals surface area contributed by atoms with Crippen LogP contribution in [0.25, 0.3) is 11.6 Å². The average molecular weight is 280 g/mol. The smallest absolute Gasteiger partial charge is 0.346 e. The van der Waals surface area contributed by atoms with Gasteiger partial charge in [-0.2, -0.15) is 8.42 Å². The van der Waals surface area contributed by atoms with Gasteiger partial charge in [-0.25, -0.2) is 9.59 Å². The molecule has 1 aliphatic rings. The zero-order valence-corrected chi connectivity index (χ0v) is 10.3. The second-order valence-electron chi connectivity index (χ2n) is 3.67. The van der Waals surface area contributed by atoms with Gasteiger partial charge >= 0.3 is 11.9 Å². The third-order valence-electron chi connectivity index (χ3n) is 2.49. The van der Waals surface area contributed by atoms with Crippen molar-refractivity contribution >= 4 is 33.7 Å². The summed E-state index contributed by atoms with van der Waals surface area (Å²) in [6.07, 6.45) is 2.09. The molecule has 7 heteroatoms. The number of rotatable bonds is 3. The minimum Gasteiger partial charge on any atom is -0.386 e. The van der Waals surface area contributed by atoms with Crippen molar-refractivity contribution in [2.24, 2.45) is 0 Å². The standard InChI is InChI=1S/C12H8O6S/c1-2-7-4-3-5-8(11(7)19(15,16)17)9-6-10(13)18-12(9)14/h2-6H,1H2,(H,15,16,17). The number of benzene rings is 1. The molecule has 2 rings (SSSR count). The number of hydrogen-bond donors (Lipinski definition) is 1. The van der Waals surface area contributed by atoms with Crippen LogP contribution in [0.3, 0.4) is 0 Å². The molecule has 0 bridgehead atoms. The van der Waals surface area contributed by atoms with E-state index in [1.165, 1.54) is 24.3 Å². The molecule has 0 atom stereocenters. The van der Waals surface area contributed by atoms with Crippen molar-refractivity contribution in [1.29, 1.82) is 0 Å². The Morgan fingerprint density at radius 2 is 1.95 bits per heavy atom. The molecule has 1 aromatic carbocycles. The Kier molecular flexibility index (Phi) is 3.09. The molecule has 0 radical (unpaired) electrons. The van der Waals surface area contributed by atoms with Crippen molar-refractivity contribution in [1.82, 2.24) is 0 Å². The number of ether oxygens (including phenoxy) is 1. The molecule has 0 saturated carbocycles. The minimum atomic E-state index is -4.59. The fourth-order valence-electron chi connectivity index (χ4n) is 1.76. The quantitative estimate of drug-likeness (QED) is 0.504. The van der Waals surface area contributed by atoms with Gasteiger partial charge in [0.2, 0.25) is 0 Å². The molecule has 1 N–H and O–H groups in total. The van der Waals surface area contributed by atoms with Gasteiger partial charge in [-0.1, -0.05) is 30.9 Å². The van der Waals surface area contributed by atoms with Crippen LogP contribution in [0.15, 0.2) is 35.7 Å². The first kappa shape index (κ1) is 13.2. The van der Waals surface area contributed by atoms with Crippen LogP contribution in [0, 0.1) is 0 Å². The van der Waals surface area contributed by atoms with Crippen LogP contribution in [0.2, 0.25) is 0 Å². The molecule has 0 fully saturated rings. The third kappa shape index (κ3) is 2.33. The maximum absolute atomic E-state index is 11.5. The lowest BCUT2D eigenvalue weighted by Gasteiger charge is -2.09. The number of esters is 2. The summed E-state index contributed by atoms with van der Waals surface area (Å²) in [6, 6.07) is 4.17. The number of carbonyl (C=O) groups is 2. The molecule has 1 aliphatic heterocycles. The highest BCUT2D eigenvalue weighted by Gasteiger charge is 2.30. The minimum absolute atomic E-state index is 0.101. The summed E-state index contributed by atoms with van der Waals surface area (Å²) >= 11 is 0. The van der Waals surface area contributed by atoms with Crippen molar-refractivity contribution < 1.29 is 27.3 Å².